The van der Waals surface area contributed by atoms with Crippen molar-refractivity contribution in [2.45, 2.75) is 11.7 Å². The van der Waals surface area contributed by atoms with E-state index >= 15 is 0 Å². The molecule has 0 unspecified atom stereocenters. The molecule has 0 bridgehead atoms. The van der Waals surface area contributed by atoms with Crippen LogP contribution in [0.2, 0.25) is 10.0 Å². The Kier molecular flexibility index (Phi) is 7.54. The number of Topliss-reactive ketones (excluding diaryl/α,β-unsaturated/α-hetero) is 1. The fraction of sp³-hybridized carbons (Fsp3) is 0.125. The van der Waals surface area contributed by atoms with Gasteiger partial charge in [-0.25, -0.2) is 0 Å². The molecule has 9 heteroatoms. The second kappa shape index (κ2) is 10.7. The SMILES string of the molecule is COc1ccc(-n2c(CNc3ccccc3Cl)nnc2SCC(=O)c2ccc(Cl)cc2)cc1. The number of methoxy groups -OCH3 is 1. The molecule has 33 heavy (non-hydrogen) atoms. The predicted octanol–water partition coefficient (Wildman–Crippen LogP) is 6.17. The Labute approximate surface area is 205 Å². The lowest BCUT2D eigenvalue weighted by Gasteiger charge is -2.12. The average Bonchev–Trinajstić information content (AvgIpc) is 3.25. The van der Waals surface area contributed by atoms with E-state index in [-0.39, 0.29) is 11.5 Å². The number of ether oxygens (including phenoxy) is 1. The number of aromatic nitrogens is 3. The highest BCUT2D eigenvalue weighted by molar-refractivity contribution is 7.99. The third kappa shape index (κ3) is 5.68. The zero-order valence-corrected chi connectivity index (χ0v) is 20.0. The van der Waals surface area contributed by atoms with Crippen molar-refractivity contribution in [1.82, 2.24) is 14.8 Å². The average molecular weight is 499 g/mol. The number of para-hydroxylation sites is 1. The fourth-order valence-electron chi connectivity index (χ4n) is 3.13. The van der Waals surface area contributed by atoms with Crippen molar-refractivity contribution in [2.24, 2.45) is 0 Å². The number of nitrogens with one attached hydrogen (secondary N) is 1. The van der Waals surface area contributed by atoms with Gasteiger partial charge < -0.3 is 10.1 Å². The summed E-state index contributed by atoms with van der Waals surface area (Å²) < 4.78 is 7.19. The normalized spacial score (nSPS) is 10.8. The van der Waals surface area contributed by atoms with Gasteiger partial charge in [0.1, 0.15) is 5.75 Å². The van der Waals surface area contributed by atoms with E-state index in [1.807, 2.05) is 53.1 Å². The lowest BCUT2D eigenvalue weighted by atomic mass is 10.1. The zero-order chi connectivity index (χ0) is 23.2. The summed E-state index contributed by atoms with van der Waals surface area (Å²) in [5.74, 6) is 1.63. The van der Waals surface area contributed by atoms with E-state index in [1.54, 1.807) is 31.4 Å². The number of hydrogen-bond acceptors (Lipinski definition) is 6. The van der Waals surface area contributed by atoms with E-state index in [0.29, 0.717) is 33.1 Å². The first kappa shape index (κ1) is 23.2. The van der Waals surface area contributed by atoms with Gasteiger partial charge in [0.05, 0.1) is 30.1 Å². The first-order chi connectivity index (χ1) is 16.0. The van der Waals surface area contributed by atoms with E-state index in [4.69, 9.17) is 27.9 Å². The Balaban J connectivity index is 1.58. The number of carbonyl (C=O) groups excluding carboxylic acids is 1. The second-order valence-corrected chi connectivity index (χ2v) is 8.77. The number of ketones is 1. The predicted molar refractivity (Wildman–Crippen MR) is 133 cm³/mol. The summed E-state index contributed by atoms with van der Waals surface area (Å²) in [7, 11) is 1.62. The summed E-state index contributed by atoms with van der Waals surface area (Å²) in [6.07, 6.45) is 0. The fourth-order valence-corrected chi connectivity index (χ4v) is 4.32. The maximum absolute atomic E-state index is 12.7. The van der Waals surface area contributed by atoms with Crippen molar-refractivity contribution in [2.75, 3.05) is 18.2 Å². The first-order valence-electron chi connectivity index (χ1n) is 10.0. The van der Waals surface area contributed by atoms with Gasteiger partial charge >= 0.3 is 0 Å². The lowest BCUT2D eigenvalue weighted by Crippen LogP contribution is -2.09. The number of halogens is 2. The largest absolute Gasteiger partial charge is 0.497 e. The van der Waals surface area contributed by atoms with Crippen LogP contribution in [0.15, 0.2) is 78.0 Å². The van der Waals surface area contributed by atoms with Crippen LogP contribution in [0.25, 0.3) is 5.69 Å². The van der Waals surface area contributed by atoms with Gasteiger partial charge in [0.15, 0.2) is 16.8 Å². The van der Waals surface area contributed by atoms with Crippen molar-refractivity contribution < 1.29 is 9.53 Å². The molecule has 0 aliphatic rings. The lowest BCUT2D eigenvalue weighted by molar-refractivity contribution is 0.102. The van der Waals surface area contributed by atoms with Crippen molar-refractivity contribution in [3.63, 3.8) is 0 Å². The minimum Gasteiger partial charge on any atom is -0.497 e. The molecule has 0 amide bonds. The van der Waals surface area contributed by atoms with E-state index in [2.05, 4.69) is 15.5 Å². The number of hydrogen-bond donors (Lipinski definition) is 1. The number of benzene rings is 3. The summed E-state index contributed by atoms with van der Waals surface area (Å²) in [5, 5.41) is 13.8. The van der Waals surface area contributed by atoms with Gasteiger partial charge in [0.2, 0.25) is 0 Å². The number of anilines is 1. The van der Waals surface area contributed by atoms with E-state index in [0.717, 1.165) is 17.1 Å². The van der Waals surface area contributed by atoms with Crippen LogP contribution >= 0.6 is 35.0 Å². The van der Waals surface area contributed by atoms with Crippen molar-refractivity contribution in [3.05, 3.63) is 94.2 Å². The summed E-state index contributed by atoms with van der Waals surface area (Å²) in [5.41, 5.74) is 2.26. The maximum atomic E-state index is 12.7. The summed E-state index contributed by atoms with van der Waals surface area (Å²) >= 11 is 13.5. The molecule has 0 atom stereocenters. The molecular weight excluding hydrogens is 479 g/mol. The zero-order valence-electron chi connectivity index (χ0n) is 17.7. The molecule has 1 heterocycles. The quantitative estimate of drug-likeness (QED) is 0.219. The van der Waals surface area contributed by atoms with Crippen LogP contribution < -0.4 is 10.1 Å². The van der Waals surface area contributed by atoms with Crippen LogP contribution in [0.4, 0.5) is 5.69 Å². The Hall–Kier alpha value is -3.00. The molecule has 0 aliphatic heterocycles. The highest BCUT2D eigenvalue weighted by Gasteiger charge is 2.17. The van der Waals surface area contributed by atoms with Gasteiger partial charge in [-0.15, -0.1) is 10.2 Å². The van der Waals surface area contributed by atoms with Crippen molar-refractivity contribution in [1.29, 1.82) is 0 Å². The highest BCUT2D eigenvalue weighted by atomic mass is 35.5. The molecule has 168 valence electrons. The standard InChI is InChI=1S/C24H20Cl2N4O2S/c1-32-19-12-10-18(11-13-19)30-23(14-27-21-5-3-2-4-20(21)26)28-29-24(30)33-15-22(31)16-6-8-17(25)9-7-16/h2-13,27H,14-15H2,1H3. The number of thioether (sulfide) groups is 1. The molecule has 4 aromatic rings. The minimum absolute atomic E-state index is 0.0170. The van der Waals surface area contributed by atoms with E-state index in [9.17, 15) is 4.79 Å². The minimum atomic E-state index is -0.0170. The number of carbonyl (C=O) groups is 1. The molecule has 0 radical (unpaired) electrons. The summed E-state index contributed by atoms with van der Waals surface area (Å²) in [6, 6.07) is 21.9. The molecule has 1 N–H and O–H groups in total. The van der Waals surface area contributed by atoms with E-state index < -0.39 is 0 Å². The third-order valence-corrected chi connectivity index (χ3v) is 6.35. The monoisotopic (exact) mass is 498 g/mol. The molecule has 0 saturated heterocycles. The molecule has 0 fully saturated rings. The second-order valence-electron chi connectivity index (χ2n) is 6.98. The Morgan fingerprint density at radius 3 is 2.42 bits per heavy atom. The molecule has 4 rings (SSSR count). The molecule has 6 nitrogen and oxygen atoms in total. The Morgan fingerprint density at radius 1 is 1.00 bits per heavy atom. The third-order valence-electron chi connectivity index (χ3n) is 4.84. The highest BCUT2D eigenvalue weighted by Crippen LogP contribution is 2.26. The van der Waals surface area contributed by atoms with Crippen molar-refractivity contribution in [3.8, 4) is 11.4 Å². The van der Waals surface area contributed by atoms with Crippen LogP contribution in [0.5, 0.6) is 5.75 Å². The Morgan fingerprint density at radius 2 is 1.73 bits per heavy atom. The van der Waals surface area contributed by atoms with Gasteiger partial charge in [0.25, 0.3) is 0 Å². The van der Waals surface area contributed by atoms with Crippen molar-refractivity contribution >= 4 is 46.4 Å². The number of rotatable bonds is 9. The van der Waals surface area contributed by atoms with Crippen LogP contribution in [-0.4, -0.2) is 33.4 Å². The van der Waals surface area contributed by atoms with Crippen LogP contribution in [-0.2, 0) is 6.54 Å². The number of nitrogens with zero attached hydrogens (tertiary/aromatic N) is 3. The van der Waals surface area contributed by atoms with Gasteiger partial charge in [-0.05, 0) is 60.7 Å². The van der Waals surface area contributed by atoms with Gasteiger partial charge in [-0.3, -0.25) is 9.36 Å². The summed E-state index contributed by atoms with van der Waals surface area (Å²) in [4.78, 5) is 12.7. The maximum Gasteiger partial charge on any atom is 0.196 e. The van der Waals surface area contributed by atoms with E-state index in [1.165, 1.54) is 11.8 Å². The molecule has 1 aromatic heterocycles. The van der Waals surface area contributed by atoms with Crippen LogP contribution in [0.3, 0.4) is 0 Å². The molecule has 0 saturated carbocycles. The van der Waals surface area contributed by atoms with Gasteiger partial charge in [-0.2, -0.15) is 0 Å². The Bertz CT molecular complexity index is 1240. The first-order valence-corrected chi connectivity index (χ1v) is 11.8. The smallest absolute Gasteiger partial charge is 0.196 e. The molecule has 3 aromatic carbocycles. The van der Waals surface area contributed by atoms with Gasteiger partial charge in [-0.1, -0.05) is 47.1 Å². The van der Waals surface area contributed by atoms with Gasteiger partial charge in [0, 0.05) is 16.3 Å². The van der Waals surface area contributed by atoms with Crippen LogP contribution in [0, 0.1) is 0 Å². The molecule has 0 aliphatic carbocycles. The molecule has 0 spiro atoms. The molecular formula is C24H20Cl2N4O2S. The van der Waals surface area contributed by atoms with Crippen LogP contribution in [0.1, 0.15) is 16.2 Å². The topological polar surface area (TPSA) is 69.0 Å². The summed E-state index contributed by atoms with van der Waals surface area (Å²) in [6.45, 7) is 0.397.